The average Bonchev–Trinajstić information content (AvgIpc) is 3.14. The summed E-state index contributed by atoms with van der Waals surface area (Å²) in [5.41, 5.74) is 3.98. The van der Waals surface area contributed by atoms with Crippen LogP contribution in [0.4, 0.5) is 10.6 Å². The number of benzene rings is 1. The van der Waals surface area contributed by atoms with Crippen LogP contribution in [-0.4, -0.2) is 50.4 Å². The maximum absolute atomic E-state index is 11.3. The molecule has 158 valence electrons. The van der Waals surface area contributed by atoms with Gasteiger partial charge in [0.1, 0.15) is 11.9 Å². The number of amides is 1. The van der Waals surface area contributed by atoms with Crippen LogP contribution in [0, 0.1) is 11.3 Å². The van der Waals surface area contributed by atoms with E-state index in [1.54, 1.807) is 12.3 Å². The van der Waals surface area contributed by atoms with Crippen molar-refractivity contribution in [1.82, 2.24) is 20.0 Å². The number of hydrogen-bond donors (Lipinski definition) is 2. The van der Waals surface area contributed by atoms with Crippen molar-refractivity contribution in [3.63, 3.8) is 0 Å². The van der Waals surface area contributed by atoms with E-state index >= 15 is 0 Å². The quantitative estimate of drug-likeness (QED) is 0.658. The number of carbonyl (C=O) groups is 1. The van der Waals surface area contributed by atoms with E-state index in [0.29, 0.717) is 48.7 Å². The Labute approximate surface area is 179 Å². The van der Waals surface area contributed by atoms with Crippen molar-refractivity contribution in [2.24, 2.45) is 0 Å². The highest BCUT2D eigenvalue weighted by atomic mass is 16.5. The molecule has 1 aliphatic heterocycles. The van der Waals surface area contributed by atoms with Crippen molar-refractivity contribution in [1.29, 1.82) is 5.26 Å². The molecule has 1 aliphatic rings. The van der Waals surface area contributed by atoms with E-state index in [1.165, 1.54) is 4.90 Å². The standard InChI is InChI=1S/C22H22N6O3/c1-13(2)25-19-17(11-23)10-18(12-24-19)21-26-20(27-31-21)16-4-3-14-5-7-28(22(29)30)8-6-15(14)9-16/h3-4,9-10,12-13H,5-8H2,1-2H3,(H,24,25)(H,29,30). The molecular weight excluding hydrogens is 396 g/mol. The fourth-order valence-electron chi connectivity index (χ4n) is 3.57. The number of carboxylic acid groups (broad SMARTS) is 1. The highest BCUT2D eigenvalue weighted by Gasteiger charge is 2.19. The van der Waals surface area contributed by atoms with Crippen LogP contribution in [0.25, 0.3) is 22.8 Å². The molecule has 2 N–H and O–H groups in total. The second kappa shape index (κ2) is 8.44. The topological polar surface area (TPSA) is 128 Å². The van der Waals surface area contributed by atoms with Gasteiger partial charge in [0.05, 0.1) is 11.1 Å². The van der Waals surface area contributed by atoms with E-state index < -0.39 is 6.09 Å². The molecule has 2 aromatic heterocycles. The highest BCUT2D eigenvalue weighted by molar-refractivity contribution is 5.66. The highest BCUT2D eigenvalue weighted by Crippen LogP contribution is 2.27. The van der Waals surface area contributed by atoms with Gasteiger partial charge in [-0.05, 0) is 49.9 Å². The van der Waals surface area contributed by atoms with Crippen molar-refractivity contribution < 1.29 is 14.4 Å². The Balaban J connectivity index is 1.59. The molecule has 31 heavy (non-hydrogen) atoms. The largest absolute Gasteiger partial charge is 0.465 e. The monoisotopic (exact) mass is 418 g/mol. The summed E-state index contributed by atoms with van der Waals surface area (Å²) in [7, 11) is 0. The summed E-state index contributed by atoms with van der Waals surface area (Å²) in [5.74, 6) is 1.23. The minimum atomic E-state index is -0.893. The third kappa shape index (κ3) is 4.33. The van der Waals surface area contributed by atoms with Gasteiger partial charge in [-0.25, -0.2) is 9.78 Å². The average molecular weight is 418 g/mol. The van der Waals surface area contributed by atoms with Crippen LogP contribution in [0.3, 0.4) is 0 Å². The molecule has 1 amide bonds. The zero-order valence-corrected chi connectivity index (χ0v) is 17.3. The molecule has 9 nitrogen and oxygen atoms in total. The number of nitriles is 1. The first-order chi connectivity index (χ1) is 14.9. The first-order valence-electron chi connectivity index (χ1n) is 10.1. The van der Waals surface area contributed by atoms with Crippen LogP contribution in [0.15, 0.2) is 35.0 Å². The van der Waals surface area contributed by atoms with Gasteiger partial charge in [0.15, 0.2) is 0 Å². The van der Waals surface area contributed by atoms with Gasteiger partial charge >= 0.3 is 6.09 Å². The summed E-state index contributed by atoms with van der Waals surface area (Å²) >= 11 is 0. The van der Waals surface area contributed by atoms with E-state index in [-0.39, 0.29) is 11.9 Å². The molecule has 0 spiro atoms. The minimum Gasteiger partial charge on any atom is -0.465 e. The Kier molecular flexibility index (Phi) is 5.54. The van der Waals surface area contributed by atoms with Gasteiger partial charge in [0.25, 0.3) is 5.89 Å². The summed E-state index contributed by atoms with van der Waals surface area (Å²) in [6.45, 7) is 4.90. The van der Waals surface area contributed by atoms with Gasteiger partial charge in [-0.1, -0.05) is 17.3 Å². The van der Waals surface area contributed by atoms with Crippen molar-refractivity contribution in [3.8, 4) is 28.9 Å². The van der Waals surface area contributed by atoms with Crippen LogP contribution in [-0.2, 0) is 12.8 Å². The lowest BCUT2D eigenvalue weighted by atomic mass is 10.00. The Morgan fingerprint density at radius 3 is 2.71 bits per heavy atom. The first kappa shape index (κ1) is 20.3. The lowest BCUT2D eigenvalue weighted by molar-refractivity contribution is 0.147. The van der Waals surface area contributed by atoms with Gasteiger partial charge in [-0.15, -0.1) is 0 Å². The van der Waals surface area contributed by atoms with Gasteiger partial charge < -0.3 is 19.8 Å². The fourth-order valence-corrected chi connectivity index (χ4v) is 3.57. The van der Waals surface area contributed by atoms with E-state index in [9.17, 15) is 15.2 Å². The van der Waals surface area contributed by atoms with Crippen molar-refractivity contribution in [3.05, 3.63) is 47.2 Å². The lowest BCUT2D eigenvalue weighted by Gasteiger charge is -2.14. The Bertz CT molecular complexity index is 1160. The smallest absolute Gasteiger partial charge is 0.407 e. The molecule has 4 rings (SSSR count). The first-order valence-corrected chi connectivity index (χ1v) is 10.1. The number of aromatic nitrogens is 3. The van der Waals surface area contributed by atoms with Crippen molar-refractivity contribution >= 4 is 11.9 Å². The maximum Gasteiger partial charge on any atom is 0.407 e. The number of rotatable bonds is 4. The molecule has 9 heteroatoms. The van der Waals surface area contributed by atoms with Gasteiger partial charge in [0, 0.05) is 30.9 Å². The van der Waals surface area contributed by atoms with E-state index in [1.807, 2.05) is 32.0 Å². The molecular formula is C22H22N6O3. The second-order valence-electron chi connectivity index (χ2n) is 7.71. The molecule has 3 heterocycles. The number of fused-ring (bicyclic) bond motifs is 1. The van der Waals surface area contributed by atoms with Crippen LogP contribution >= 0.6 is 0 Å². The van der Waals surface area contributed by atoms with Gasteiger partial charge in [-0.2, -0.15) is 10.2 Å². The zero-order valence-electron chi connectivity index (χ0n) is 17.3. The normalized spacial score (nSPS) is 13.4. The predicted octanol–water partition coefficient (Wildman–Crippen LogP) is 3.57. The molecule has 0 saturated heterocycles. The predicted molar refractivity (Wildman–Crippen MR) is 113 cm³/mol. The second-order valence-corrected chi connectivity index (χ2v) is 7.71. The number of pyridine rings is 1. The van der Waals surface area contributed by atoms with Crippen LogP contribution in [0.2, 0.25) is 0 Å². The number of hydrogen-bond acceptors (Lipinski definition) is 7. The minimum absolute atomic E-state index is 0.149. The van der Waals surface area contributed by atoms with Crippen LogP contribution in [0.1, 0.15) is 30.5 Å². The van der Waals surface area contributed by atoms with Crippen molar-refractivity contribution in [2.75, 3.05) is 18.4 Å². The SMILES string of the molecule is CC(C)Nc1ncc(-c2nc(-c3ccc4c(c3)CCN(C(=O)O)CC4)no2)cc1C#N. The van der Waals surface area contributed by atoms with Gasteiger partial charge in [0.2, 0.25) is 5.82 Å². The maximum atomic E-state index is 11.3. The summed E-state index contributed by atoms with van der Waals surface area (Å²) < 4.78 is 5.43. The molecule has 0 bridgehead atoms. The van der Waals surface area contributed by atoms with Crippen LogP contribution in [0.5, 0.6) is 0 Å². The lowest BCUT2D eigenvalue weighted by Crippen LogP contribution is -2.31. The number of nitrogens with zero attached hydrogens (tertiary/aromatic N) is 5. The fraction of sp³-hybridized carbons (Fsp3) is 0.318. The van der Waals surface area contributed by atoms with E-state index in [2.05, 4.69) is 26.5 Å². The molecule has 0 atom stereocenters. The molecule has 0 unspecified atom stereocenters. The number of anilines is 1. The molecule has 0 fully saturated rings. The third-order valence-electron chi connectivity index (χ3n) is 5.14. The molecule has 0 saturated carbocycles. The Hall–Kier alpha value is -3.93. The Morgan fingerprint density at radius 1 is 1.23 bits per heavy atom. The number of nitrogens with one attached hydrogen (secondary N) is 1. The Morgan fingerprint density at radius 2 is 2.00 bits per heavy atom. The van der Waals surface area contributed by atoms with Crippen molar-refractivity contribution in [2.45, 2.75) is 32.7 Å². The summed E-state index contributed by atoms with van der Waals surface area (Å²) in [4.78, 5) is 21.5. The zero-order chi connectivity index (χ0) is 22.0. The molecule has 0 aliphatic carbocycles. The van der Waals surface area contributed by atoms with E-state index in [0.717, 1.165) is 16.7 Å². The van der Waals surface area contributed by atoms with Crippen LogP contribution < -0.4 is 5.32 Å². The van der Waals surface area contributed by atoms with E-state index in [4.69, 9.17) is 4.52 Å². The summed E-state index contributed by atoms with van der Waals surface area (Å²) in [6, 6.07) is 9.86. The molecule has 0 radical (unpaired) electrons. The van der Waals surface area contributed by atoms with Gasteiger partial charge in [-0.3, -0.25) is 0 Å². The third-order valence-corrected chi connectivity index (χ3v) is 5.14. The summed E-state index contributed by atoms with van der Waals surface area (Å²) in [5, 5.41) is 25.9. The molecule has 1 aromatic carbocycles. The summed E-state index contributed by atoms with van der Waals surface area (Å²) in [6.07, 6.45) is 2.02. The molecule has 3 aromatic rings.